The van der Waals surface area contributed by atoms with Crippen molar-refractivity contribution >= 4 is 39.9 Å². The molecular weight excluding hydrogens is 334 g/mol. The lowest BCUT2D eigenvalue weighted by Gasteiger charge is -2.17. The largest absolute Gasteiger partial charge is 0.322 e. The maximum atomic E-state index is 12.7. The van der Waals surface area contributed by atoms with Gasteiger partial charge >= 0.3 is 0 Å². The summed E-state index contributed by atoms with van der Waals surface area (Å²) < 4.78 is 1.76. The Hall–Kier alpha value is -2.73. The molecular formula is C19H17N3O2S. The van der Waals surface area contributed by atoms with Gasteiger partial charge in [0.05, 0.1) is 10.9 Å². The fraction of sp³-hybridized carbons (Fsp3) is 0.211. The minimum atomic E-state index is -0.223. The van der Waals surface area contributed by atoms with Crippen molar-refractivity contribution in [2.75, 3.05) is 5.32 Å². The van der Waals surface area contributed by atoms with Crippen LogP contribution in [-0.4, -0.2) is 15.5 Å². The van der Waals surface area contributed by atoms with Crippen LogP contribution in [-0.2, 0) is 17.8 Å². The molecule has 3 heterocycles. The summed E-state index contributed by atoms with van der Waals surface area (Å²) in [6.07, 6.45) is 6.19. The van der Waals surface area contributed by atoms with Crippen LogP contribution in [0.1, 0.15) is 23.5 Å². The Balaban J connectivity index is 1.61. The van der Waals surface area contributed by atoms with E-state index < -0.39 is 0 Å². The molecule has 0 saturated carbocycles. The van der Waals surface area contributed by atoms with Crippen LogP contribution < -0.4 is 10.9 Å². The van der Waals surface area contributed by atoms with Crippen LogP contribution in [0.4, 0.5) is 5.69 Å². The SMILES string of the molecule is O=C(C=Cc1cccs1)Nc1ccc2nc3n(c(=O)c2c1)CCCC3. The van der Waals surface area contributed by atoms with Gasteiger partial charge in [-0.05, 0) is 48.6 Å². The van der Waals surface area contributed by atoms with Gasteiger partial charge in [-0.1, -0.05) is 6.07 Å². The smallest absolute Gasteiger partial charge is 0.261 e. The van der Waals surface area contributed by atoms with Gasteiger partial charge in [-0.15, -0.1) is 11.3 Å². The highest BCUT2D eigenvalue weighted by atomic mass is 32.1. The van der Waals surface area contributed by atoms with E-state index in [9.17, 15) is 9.59 Å². The third-order valence-electron chi connectivity index (χ3n) is 4.27. The van der Waals surface area contributed by atoms with Crippen LogP contribution in [0.2, 0.25) is 0 Å². The van der Waals surface area contributed by atoms with E-state index in [1.807, 2.05) is 17.5 Å². The van der Waals surface area contributed by atoms with Crippen molar-refractivity contribution in [1.82, 2.24) is 9.55 Å². The molecule has 1 amide bonds. The first-order chi connectivity index (χ1) is 12.2. The van der Waals surface area contributed by atoms with Gasteiger partial charge in [-0.3, -0.25) is 14.2 Å². The van der Waals surface area contributed by atoms with Crippen molar-refractivity contribution in [3.05, 3.63) is 62.8 Å². The minimum absolute atomic E-state index is 0.0232. The number of rotatable bonds is 3. The molecule has 126 valence electrons. The number of benzene rings is 1. The number of anilines is 1. The molecule has 5 nitrogen and oxygen atoms in total. The number of carbonyl (C=O) groups is 1. The molecule has 0 radical (unpaired) electrons. The van der Waals surface area contributed by atoms with Crippen LogP contribution >= 0.6 is 11.3 Å². The lowest BCUT2D eigenvalue weighted by molar-refractivity contribution is -0.111. The molecule has 4 rings (SSSR count). The monoisotopic (exact) mass is 351 g/mol. The second-order valence-electron chi connectivity index (χ2n) is 6.01. The summed E-state index contributed by atoms with van der Waals surface area (Å²) in [7, 11) is 0. The first-order valence-electron chi connectivity index (χ1n) is 8.27. The molecule has 1 aromatic carbocycles. The second-order valence-corrected chi connectivity index (χ2v) is 6.99. The Bertz CT molecular complexity index is 1020. The van der Waals surface area contributed by atoms with Crippen LogP contribution in [0.3, 0.4) is 0 Å². The van der Waals surface area contributed by atoms with Gasteiger partial charge in [0.25, 0.3) is 5.56 Å². The molecule has 0 atom stereocenters. The Kier molecular flexibility index (Phi) is 4.19. The number of carbonyl (C=O) groups excluding carboxylic acids is 1. The molecule has 0 saturated heterocycles. The number of aromatic nitrogens is 2. The zero-order valence-electron chi connectivity index (χ0n) is 13.6. The van der Waals surface area contributed by atoms with Gasteiger partial charge in [-0.25, -0.2) is 4.98 Å². The maximum Gasteiger partial charge on any atom is 0.261 e. The number of amides is 1. The fourth-order valence-corrected chi connectivity index (χ4v) is 3.66. The summed E-state index contributed by atoms with van der Waals surface area (Å²) in [5, 5.41) is 5.31. The molecule has 0 spiro atoms. The van der Waals surface area contributed by atoms with Gasteiger partial charge in [-0.2, -0.15) is 0 Å². The third kappa shape index (κ3) is 3.25. The number of fused-ring (bicyclic) bond motifs is 2. The van der Waals surface area contributed by atoms with Crippen LogP contribution in [0.15, 0.2) is 46.6 Å². The van der Waals surface area contributed by atoms with Gasteiger partial charge in [0, 0.05) is 29.6 Å². The predicted molar refractivity (Wildman–Crippen MR) is 101 cm³/mol. The Morgan fingerprint density at radius 1 is 1.28 bits per heavy atom. The van der Waals surface area contributed by atoms with E-state index in [1.54, 1.807) is 40.2 Å². The summed E-state index contributed by atoms with van der Waals surface area (Å²) in [5.41, 5.74) is 1.26. The Morgan fingerprint density at radius 2 is 2.20 bits per heavy atom. The van der Waals surface area contributed by atoms with E-state index in [-0.39, 0.29) is 11.5 Å². The van der Waals surface area contributed by atoms with Crippen LogP contribution in [0, 0.1) is 0 Å². The summed E-state index contributed by atoms with van der Waals surface area (Å²) in [6.45, 7) is 0.719. The van der Waals surface area contributed by atoms with Crippen molar-refractivity contribution in [2.24, 2.45) is 0 Å². The molecule has 1 aliphatic rings. The van der Waals surface area contributed by atoms with Crippen LogP contribution in [0.25, 0.3) is 17.0 Å². The van der Waals surface area contributed by atoms with Crippen molar-refractivity contribution in [3.8, 4) is 0 Å². The summed E-state index contributed by atoms with van der Waals surface area (Å²) >= 11 is 1.57. The first kappa shape index (κ1) is 15.8. The molecule has 0 fully saturated rings. The standard InChI is InChI=1S/C19H17N3O2S/c23-18(9-7-14-4-3-11-25-14)20-13-6-8-16-15(12-13)19(24)22-10-2-1-5-17(22)21-16/h3-4,6-9,11-12H,1-2,5,10H2,(H,20,23). The minimum Gasteiger partial charge on any atom is -0.322 e. The van der Waals surface area contributed by atoms with Gasteiger partial charge in [0.2, 0.25) is 5.91 Å². The zero-order chi connectivity index (χ0) is 17.2. The van der Waals surface area contributed by atoms with Crippen molar-refractivity contribution in [3.63, 3.8) is 0 Å². The van der Waals surface area contributed by atoms with Crippen molar-refractivity contribution < 1.29 is 4.79 Å². The molecule has 6 heteroatoms. The predicted octanol–water partition coefficient (Wildman–Crippen LogP) is 3.45. The highest BCUT2D eigenvalue weighted by Crippen LogP contribution is 2.18. The Labute approximate surface area is 148 Å². The molecule has 0 unspecified atom stereocenters. The number of hydrogen-bond acceptors (Lipinski definition) is 4. The lowest BCUT2D eigenvalue weighted by Crippen LogP contribution is -2.28. The van der Waals surface area contributed by atoms with E-state index in [4.69, 9.17) is 0 Å². The van der Waals surface area contributed by atoms with E-state index >= 15 is 0 Å². The van der Waals surface area contributed by atoms with E-state index in [2.05, 4.69) is 10.3 Å². The second kappa shape index (κ2) is 6.64. The summed E-state index contributed by atoms with van der Waals surface area (Å²) in [6, 6.07) is 9.17. The molecule has 0 aliphatic carbocycles. The third-order valence-corrected chi connectivity index (χ3v) is 5.11. The van der Waals surface area contributed by atoms with Gasteiger partial charge < -0.3 is 5.32 Å². The molecule has 2 aromatic heterocycles. The average Bonchev–Trinajstić information content (AvgIpc) is 3.14. The average molecular weight is 351 g/mol. The Morgan fingerprint density at radius 3 is 3.04 bits per heavy atom. The fourth-order valence-electron chi connectivity index (χ4n) is 3.05. The van der Waals surface area contributed by atoms with E-state index in [0.29, 0.717) is 16.6 Å². The maximum absolute atomic E-state index is 12.7. The van der Waals surface area contributed by atoms with Gasteiger partial charge in [0.1, 0.15) is 5.82 Å². The molecule has 1 aliphatic heterocycles. The topological polar surface area (TPSA) is 64.0 Å². The summed E-state index contributed by atoms with van der Waals surface area (Å²) in [5.74, 6) is 0.637. The number of nitrogens with zero attached hydrogens (tertiary/aromatic N) is 2. The highest BCUT2D eigenvalue weighted by Gasteiger charge is 2.14. The first-order valence-corrected chi connectivity index (χ1v) is 9.15. The van der Waals surface area contributed by atoms with Crippen molar-refractivity contribution in [1.29, 1.82) is 0 Å². The van der Waals surface area contributed by atoms with Crippen molar-refractivity contribution in [2.45, 2.75) is 25.8 Å². The summed E-state index contributed by atoms with van der Waals surface area (Å²) in [4.78, 5) is 30.4. The highest BCUT2D eigenvalue weighted by molar-refractivity contribution is 7.10. The molecule has 1 N–H and O–H groups in total. The molecule has 0 bridgehead atoms. The van der Waals surface area contributed by atoms with Gasteiger partial charge in [0.15, 0.2) is 0 Å². The number of thiophene rings is 1. The molecule has 25 heavy (non-hydrogen) atoms. The molecule has 3 aromatic rings. The van der Waals surface area contributed by atoms with Crippen LogP contribution in [0.5, 0.6) is 0 Å². The van der Waals surface area contributed by atoms with E-state index in [1.165, 1.54) is 6.08 Å². The number of nitrogens with one attached hydrogen (secondary N) is 1. The lowest BCUT2D eigenvalue weighted by atomic mass is 10.1. The van der Waals surface area contributed by atoms with E-state index in [0.717, 1.165) is 36.5 Å². The number of aryl methyl sites for hydroxylation is 1. The number of hydrogen-bond donors (Lipinski definition) is 1. The quantitative estimate of drug-likeness (QED) is 0.735. The normalized spacial score (nSPS) is 13.9. The zero-order valence-corrected chi connectivity index (χ0v) is 14.4.